The summed E-state index contributed by atoms with van der Waals surface area (Å²) >= 11 is 3.19. The molecule has 0 amide bonds. The molecule has 0 bridgehead atoms. The van der Waals surface area contributed by atoms with E-state index in [4.69, 9.17) is 5.73 Å². The van der Waals surface area contributed by atoms with Crippen LogP contribution in [0.5, 0.6) is 0 Å². The standard InChI is InChI=1S/C10H12BrF3N4/c11-7-5-8(15)17-9(16-7)18-3-1-6(2-4-18)10(12,13)14/h5-6H,1-4H2,(H2,15,16,17). The van der Waals surface area contributed by atoms with Gasteiger partial charge >= 0.3 is 6.18 Å². The highest BCUT2D eigenvalue weighted by Crippen LogP contribution is 2.34. The van der Waals surface area contributed by atoms with Crippen molar-refractivity contribution >= 4 is 27.7 Å². The number of nitrogens with zero attached hydrogens (tertiary/aromatic N) is 3. The number of hydrogen-bond donors (Lipinski definition) is 1. The Kier molecular flexibility index (Phi) is 3.65. The summed E-state index contributed by atoms with van der Waals surface area (Å²) in [5.41, 5.74) is 5.57. The summed E-state index contributed by atoms with van der Waals surface area (Å²) in [5, 5.41) is 0. The summed E-state index contributed by atoms with van der Waals surface area (Å²) in [6, 6.07) is 1.55. The zero-order valence-electron chi connectivity index (χ0n) is 9.41. The summed E-state index contributed by atoms with van der Waals surface area (Å²) in [4.78, 5) is 9.87. The zero-order chi connectivity index (χ0) is 13.3. The van der Waals surface area contributed by atoms with Gasteiger partial charge in [0.05, 0.1) is 5.92 Å². The number of nitrogens with two attached hydrogens (primary N) is 1. The lowest BCUT2D eigenvalue weighted by molar-refractivity contribution is -0.179. The SMILES string of the molecule is Nc1cc(Br)nc(N2CCC(C(F)(F)F)CC2)n1. The second kappa shape index (κ2) is 4.91. The molecular weight excluding hydrogens is 313 g/mol. The van der Waals surface area contributed by atoms with Crippen LogP contribution in [0.3, 0.4) is 0 Å². The molecule has 1 aromatic rings. The molecule has 2 rings (SSSR count). The summed E-state index contributed by atoms with van der Waals surface area (Å²) < 4.78 is 38.1. The quantitative estimate of drug-likeness (QED) is 0.807. The van der Waals surface area contributed by atoms with Gasteiger partial charge < -0.3 is 10.6 Å². The molecule has 0 unspecified atom stereocenters. The lowest BCUT2D eigenvalue weighted by atomic mass is 9.96. The first-order valence-corrected chi connectivity index (χ1v) is 6.27. The van der Waals surface area contributed by atoms with Crippen molar-refractivity contribution in [1.29, 1.82) is 0 Å². The van der Waals surface area contributed by atoms with Crippen molar-refractivity contribution in [3.8, 4) is 0 Å². The highest BCUT2D eigenvalue weighted by molar-refractivity contribution is 9.10. The number of halogens is 4. The molecule has 1 fully saturated rings. The Balaban J connectivity index is 2.05. The third kappa shape index (κ3) is 3.04. The molecule has 2 N–H and O–H groups in total. The summed E-state index contributed by atoms with van der Waals surface area (Å²) in [7, 11) is 0. The van der Waals surface area contributed by atoms with Crippen LogP contribution in [0.1, 0.15) is 12.8 Å². The van der Waals surface area contributed by atoms with Crippen molar-refractivity contribution in [3.63, 3.8) is 0 Å². The van der Waals surface area contributed by atoms with Crippen molar-refractivity contribution < 1.29 is 13.2 Å². The Morgan fingerprint density at radius 2 is 1.89 bits per heavy atom. The van der Waals surface area contributed by atoms with Crippen molar-refractivity contribution in [3.05, 3.63) is 10.7 Å². The fourth-order valence-electron chi connectivity index (χ4n) is 1.97. The number of rotatable bonds is 1. The highest BCUT2D eigenvalue weighted by atomic mass is 79.9. The smallest absolute Gasteiger partial charge is 0.383 e. The van der Waals surface area contributed by atoms with E-state index in [0.29, 0.717) is 29.5 Å². The predicted octanol–water partition coefficient (Wildman–Crippen LogP) is 2.60. The first-order valence-electron chi connectivity index (χ1n) is 5.48. The van der Waals surface area contributed by atoms with Gasteiger partial charge in [0.2, 0.25) is 5.95 Å². The van der Waals surface area contributed by atoms with Crippen molar-refractivity contribution in [2.75, 3.05) is 23.7 Å². The van der Waals surface area contributed by atoms with Gasteiger partial charge in [-0.3, -0.25) is 0 Å². The summed E-state index contributed by atoms with van der Waals surface area (Å²) in [6.07, 6.45) is -3.97. The van der Waals surface area contributed by atoms with E-state index in [1.165, 1.54) is 0 Å². The van der Waals surface area contributed by atoms with Gasteiger partial charge in [-0.25, -0.2) is 4.98 Å². The predicted molar refractivity (Wildman–Crippen MR) is 65.1 cm³/mol. The van der Waals surface area contributed by atoms with E-state index in [1.807, 2.05) is 0 Å². The van der Waals surface area contributed by atoms with E-state index >= 15 is 0 Å². The molecule has 0 saturated carbocycles. The maximum absolute atomic E-state index is 12.5. The van der Waals surface area contributed by atoms with Crippen LogP contribution in [0.2, 0.25) is 0 Å². The number of nitrogen functional groups attached to an aromatic ring is 1. The molecule has 0 aromatic carbocycles. The van der Waals surface area contributed by atoms with E-state index in [2.05, 4.69) is 25.9 Å². The first kappa shape index (κ1) is 13.4. The molecule has 8 heteroatoms. The average Bonchev–Trinajstić information content (AvgIpc) is 2.27. The van der Waals surface area contributed by atoms with Crippen LogP contribution >= 0.6 is 15.9 Å². The van der Waals surface area contributed by atoms with E-state index < -0.39 is 12.1 Å². The fraction of sp³-hybridized carbons (Fsp3) is 0.600. The van der Waals surface area contributed by atoms with Crippen molar-refractivity contribution in [2.24, 2.45) is 5.92 Å². The monoisotopic (exact) mass is 324 g/mol. The van der Waals surface area contributed by atoms with Crippen LogP contribution in [0, 0.1) is 5.92 Å². The van der Waals surface area contributed by atoms with Gasteiger partial charge in [-0.15, -0.1) is 0 Å². The normalized spacial score (nSPS) is 18.1. The van der Waals surface area contributed by atoms with Gasteiger partial charge in [0, 0.05) is 19.2 Å². The highest BCUT2D eigenvalue weighted by Gasteiger charge is 2.41. The maximum Gasteiger partial charge on any atom is 0.391 e. The van der Waals surface area contributed by atoms with E-state index in [-0.39, 0.29) is 12.8 Å². The molecule has 1 aliphatic rings. The molecule has 0 spiro atoms. The van der Waals surface area contributed by atoms with Crippen molar-refractivity contribution in [2.45, 2.75) is 19.0 Å². The summed E-state index contributed by atoms with van der Waals surface area (Å²) in [6.45, 7) is 0.583. The lowest BCUT2D eigenvalue weighted by Crippen LogP contribution is -2.39. The Morgan fingerprint density at radius 3 is 2.39 bits per heavy atom. The van der Waals surface area contributed by atoms with Crippen LogP contribution < -0.4 is 10.6 Å². The number of anilines is 2. The van der Waals surface area contributed by atoms with Gasteiger partial charge in [0.15, 0.2) is 0 Å². The Labute approximate surface area is 111 Å². The van der Waals surface area contributed by atoms with Crippen LogP contribution in [-0.2, 0) is 0 Å². The minimum Gasteiger partial charge on any atom is -0.383 e. The number of piperidine rings is 1. The van der Waals surface area contributed by atoms with Crippen LogP contribution in [-0.4, -0.2) is 29.2 Å². The summed E-state index contributed by atoms with van der Waals surface area (Å²) in [5.74, 6) is -0.550. The fourth-order valence-corrected chi connectivity index (χ4v) is 2.36. The van der Waals surface area contributed by atoms with E-state index in [9.17, 15) is 13.2 Å². The molecular formula is C10H12BrF3N4. The number of alkyl halides is 3. The third-order valence-corrected chi connectivity index (χ3v) is 3.35. The minimum atomic E-state index is -4.11. The maximum atomic E-state index is 12.5. The minimum absolute atomic E-state index is 0.0687. The molecule has 0 aliphatic carbocycles. The van der Waals surface area contributed by atoms with Crippen LogP contribution in [0.15, 0.2) is 10.7 Å². The second-order valence-corrected chi connectivity index (χ2v) is 5.03. The average molecular weight is 325 g/mol. The molecule has 0 atom stereocenters. The largest absolute Gasteiger partial charge is 0.391 e. The molecule has 18 heavy (non-hydrogen) atoms. The molecule has 1 aromatic heterocycles. The molecule has 1 aliphatic heterocycles. The molecule has 4 nitrogen and oxygen atoms in total. The Hall–Kier alpha value is -1.05. The van der Waals surface area contributed by atoms with Gasteiger partial charge in [-0.2, -0.15) is 18.2 Å². The third-order valence-electron chi connectivity index (χ3n) is 2.94. The van der Waals surface area contributed by atoms with Gasteiger partial charge in [-0.1, -0.05) is 0 Å². The second-order valence-electron chi connectivity index (χ2n) is 4.22. The molecule has 100 valence electrons. The van der Waals surface area contributed by atoms with E-state index in [1.54, 1.807) is 11.0 Å². The van der Waals surface area contributed by atoms with Gasteiger partial charge in [0.1, 0.15) is 10.4 Å². The Morgan fingerprint density at radius 1 is 1.28 bits per heavy atom. The van der Waals surface area contributed by atoms with Gasteiger partial charge in [0.25, 0.3) is 0 Å². The topological polar surface area (TPSA) is 55.0 Å². The van der Waals surface area contributed by atoms with Crippen LogP contribution in [0.4, 0.5) is 24.9 Å². The van der Waals surface area contributed by atoms with Gasteiger partial charge in [-0.05, 0) is 28.8 Å². The molecule has 0 radical (unpaired) electrons. The lowest BCUT2D eigenvalue weighted by Gasteiger charge is -2.32. The molecule has 1 saturated heterocycles. The Bertz CT molecular complexity index is 409. The molecule has 2 heterocycles. The van der Waals surface area contributed by atoms with Crippen molar-refractivity contribution in [1.82, 2.24) is 9.97 Å². The number of aromatic nitrogens is 2. The first-order chi connectivity index (χ1) is 8.36. The zero-order valence-corrected chi connectivity index (χ0v) is 11.0. The van der Waals surface area contributed by atoms with E-state index in [0.717, 1.165) is 0 Å². The number of hydrogen-bond acceptors (Lipinski definition) is 4. The van der Waals surface area contributed by atoms with Crippen LogP contribution in [0.25, 0.3) is 0 Å².